The summed E-state index contributed by atoms with van der Waals surface area (Å²) in [6.45, 7) is 8.40. The van der Waals surface area contributed by atoms with Gasteiger partial charge in [-0.3, -0.25) is 9.69 Å². The fourth-order valence-electron chi connectivity index (χ4n) is 4.90. The highest BCUT2D eigenvalue weighted by molar-refractivity contribution is 6.07. The number of guanidine groups is 1. The van der Waals surface area contributed by atoms with E-state index in [2.05, 4.69) is 15.9 Å². The average Bonchev–Trinajstić information content (AvgIpc) is 3.02. The summed E-state index contributed by atoms with van der Waals surface area (Å²) in [6.07, 6.45) is 1.94. The molecule has 3 heterocycles. The van der Waals surface area contributed by atoms with Crippen molar-refractivity contribution in [3.63, 3.8) is 0 Å². The van der Waals surface area contributed by atoms with Crippen molar-refractivity contribution in [1.29, 1.82) is 5.26 Å². The number of nitrogens with zero attached hydrogens (tertiary/aromatic N) is 4. The van der Waals surface area contributed by atoms with Gasteiger partial charge in [0.15, 0.2) is 17.2 Å². The molecule has 8 nitrogen and oxygen atoms in total. The summed E-state index contributed by atoms with van der Waals surface area (Å²) in [4.78, 5) is 23.0. The summed E-state index contributed by atoms with van der Waals surface area (Å²) in [5.41, 5.74) is 7.13. The summed E-state index contributed by atoms with van der Waals surface area (Å²) in [6, 6.07) is 12.7. The molecule has 2 aromatic rings. The van der Waals surface area contributed by atoms with E-state index in [9.17, 15) is 10.1 Å². The van der Waals surface area contributed by atoms with Crippen LogP contribution in [-0.4, -0.2) is 42.6 Å². The third kappa shape index (κ3) is 2.92. The van der Waals surface area contributed by atoms with E-state index in [-0.39, 0.29) is 11.9 Å². The van der Waals surface area contributed by atoms with Gasteiger partial charge in [-0.1, -0.05) is 6.07 Å². The van der Waals surface area contributed by atoms with Gasteiger partial charge in [0.25, 0.3) is 5.91 Å². The number of rotatable bonds is 1. The maximum Gasteiger partial charge on any atom is 0.261 e. The minimum absolute atomic E-state index is 0.168. The number of carbonyl (C=O) groups excluding carboxylic acids is 1. The molecule has 8 heteroatoms. The fourth-order valence-corrected chi connectivity index (χ4v) is 4.90. The standard InChI is InChI=1S/C24H21N5O3/c1-27-18-9-15(12-25)8-17(10-18)16-4-5-20-19(11-16)24(21(30)29(2)22(26)28-24)13-23(32-20)6-3-7-31-14-23/h4-5,8-11H,3,6-7,13-14H2,2H3,(H2,26,28)/t23-,24+/m1/s1. The van der Waals surface area contributed by atoms with Crippen molar-refractivity contribution in [3.8, 4) is 22.9 Å². The molecule has 0 unspecified atom stereocenters. The van der Waals surface area contributed by atoms with Crippen molar-refractivity contribution in [3.05, 3.63) is 58.9 Å². The first kappa shape index (κ1) is 20.0. The van der Waals surface area contributed by atoms with Crippen molar-refractivity contribution in [2.45, 2.75) is 30.4 Å². The van der Waals surface area contributed by atoms with Gasteiger partial charge < -0.3 is 15.2 Å². The molecule has 0 radical (unpaired) electrons. The van der Waals surface area contributed by atoms with E-state index >= 15 is 0 Å². The lowest BCUT2D eigenvalue weighted by atomic mass is 9.74. The molecule has 2 aromatic carbocycles. The van der Waals surface area contributed by atoms with E-state index < -0.39 is 11.1 Å². The SMILES string of the molecule is [C-]#[N+]c1cc(C#N)cc(-c2ccc3c(c2)[C@]2(C[C@@]4(CCCOC4)O3)N=C(N)N(C)C2=O)c1. The Morgan fingerprint density at radius 3 is 2.78 bits per heavy atom. The van der Waals surface area contributed by atoms with Crippen LogP contribution in [0, 0.1) is 17.9 Å². The maximum atomic E-state index is 13.5. The normalized spacial score (nSPS) is 26.3. The van der Waals surface area contributed by atoms with E-state index in [1.165, 1.54) is 4.90 Å². The minimum atomic E-state index is -1.20. The molecule has 2 N–H and O–H groups in total. The largest absolute Gasteiger partial charge is 0.484 e. The Hall–Kier alpha value is -3.88. The average molecular weight is 427 g/mol. The van der Waals surface area contributed by atoms with Crippen LogP contribution in [-0.2, 0) is 15.1 Å². The maximum absolute atomic E-state index is 13.5. The minimum Gasteiger partial charge on any atom is -0.484 e. The highest BCUT2D eigenvalue weighted by atomic mass is 16.5. The van der Waals surface area contributed by atoms with Gasteiger partial charge in [-0.2, -0.15) is 5.26 Å². The van der Waals surface area contributed by atoms with Gasteiger partial charge in [-0.05, 0) is 54.3 Å². The molecule has 2 spiro atoms. The second kappa shape index (κ2) is 7.08. The number of nitrogens with two attached hydrogens (primary N) is 1. The van der Waals surface area contributed by atoms with Gasteiger partial charge in [0.05, 0.1) is 19.2 Å². The van der Waals surface area contributed by atoms with Crippen LogP contribution >= 0.6 is 0 Å². The lowest BCUT2D eigenvalue weighted by Gasteiger charge is -2.46. The van der Waals surface area contributed by atoms with E-state index in [0.717, 1.165) is 18.4 Å². The van der Waals surface area contributed by atoms with Crippen molar-refractivity contribution in [2.75, 3.05) is 20.3 Å². The van der Waals surface area contributed by atoms with Gasteiger partial charge in [-0.15, -0.1) is 0 Å². The smallest absolute Gasteiger partial charge is 0.261 e. The molecule has 2 atom stereocenters. The number of nitriles is 1. The first-order chi connectivity index (χ1) is 15.4. The number of likely N-dealkylation sites (N-methyl/N-ethyl adjacent to an activating group) is 1. The van der Waals surface area contributed by atoms with Gasteiger partial charge in [0, 0.05) is 31.2 Å². The molecule has 160 valence electrons. The lowest BCUT2D eigenvalue weighted by molar-refractivity contribution is -0.139. The zero-order valence-electron chi connectivity index (χ0n) is 17.6. The van der Waals surface area contributed by atoms with Crippen LogP contribution in [0.25, 0.3) is 16.0 Å². The van der Waals surface area contributed by atoms with Crippen LogP contribution in [0.3, 0.4) is 0 Å². The molecule has 3 aliphatic heterocycles. The molecule has 3 aliphatic rings. The number of aliphatic imine (C=N–C) groups is 1. The molecule has 1 amide bonds. The number of hydrogen-bond acceptors (Lipinski definition) is 6. The van der Waals surface area contributed by atoms with Crippen molar-refractivity contribution in [2.24, 2.45) is 10.7 Å². The Labute approximate surface area is 185 Å². The molecular formula is C24H21N5O3. The van der Waals surface area contributed by atoms with E-state index in [0.29, 0.717) is 47.8 Å². The number of hydrogen-bond donors (Lipinski definition) is 1. The highest BCUT2D eigenvalue weighted by Crippen LogP contribution is 2.51. The van der Waals surface area contributed by atoms with Crippen LogP contribution in [0.1, 0.15) is 30.4 Å². The molecular weight excluding hydrogens is 406 g/mol. The number of fused-ring (bicyclic) bond motifs is 2. The molecule has 0 saturated carbocycles. The molecule has 0 bridgehead atoms. The molecule has 1 saturated heterocycles. The van der Waals surface area contributed by atoms with Gasteiger partial charge in [0.1, 0.15) is 11.4 Å². The monoisotopic (exact) mass is 427 g/mol. The first-order valence-corrected chi connectivity index (χ1v) is 10.4. The van der Waals surface area contributed by atoms with Crippen LogP contribution in [0.2, 0.25) is 0 Å². The fraction of sp³-hybridized carbons (Fsp3) is 0.333. The number of amides is 1. The third-order valence-corrected chi connectivity index (χ3v) is 6.43. The van der Waals surface area contributed by atoms with E-state index in [1.807, 2.05) is 18.2 Å². The van der Waals surface area contributed by atoms with Crippen molar-refractivity contribution >= 4 is 17.6 Å². The summed E-state index contributed by atoms with van der Waals surface area (Å²) >= 11 is 0. The van der Waals surface area contributed by atoms with Crippen LogP contribution in [0.5, 0.6) is 5.75 Å². The van der Waals surface area contributed by atoms with Crippen LogP contribution in [0.4, 0.5) is 5.69 Å². The third-order valence-electron chi connectivity index (χ3n) is 6.43. The quantitative estimate of drug-likeness (QED) is 0.704. The lowest BCUT2D eigenvalue weighted by Crippen LogP contribution is -2.55. The zero-order chi connectivity index (χ0) is 22.5. The molecule has 0 aliphatic carbocycles. The van der Waals surface area contributed by atoms with Gasteiger partial charge >= 0.3 is 0 Å². The van der Waals surface area contributed by atoms with Crippen molar-refractivity contribution < 1.29 is 14.3 Å². The Balaban J connectivity index is 1.69. The first-order valence-electron chi connectivity index (χ1n) is 10.4. The second-order valence-corrected chi connectivity index (χ2v) is 8.52. The summed E-state index contributed by atoms with van der Waals surface area (Å²) in [7, 11) is 1.62. The number of carbonyl (C=O) groups is 1. The molecule has 32 heavy (non-hydrogen) atoms. The summed E-state index contributed by atoms with van der Waals surface area (Å²) in [5, 5.41) is 9.36. The highest BCUT2D eigenvalue weighted by Gasteiger charge is 2.58. The number of ether oxygens (including phenoxy) is 2. The zero-order valence-corrected chi connectivity index (χ0v) is 17.6. The molecule has 0 aromatic heterocycles. The summed E-state index contributed by atoms with van der Waals surface area (Å²) < 4.78 is 12.2. The topological polar surface area (TPSA) is 105 Å². The van der Waals surface area contributed by atoms with Crippen molar-refractivity contribution in [1.82, 2.24) is 4.90 Å². The Morgan fingerprint density at radius 1 is 1.28 bits per heavy atom. The predicted molar refractivity (Wildman–Crippen MR) is 117 cm³/mol. The van der Waals surface area contributed by atoms with Crippen LogP contribution in [0.15, 0.2) is 41.4 Å². The Bertz CT molecular complexity index is 1220. The molecule has 1 fully saturated rings. The summed E-state index contributed by atoms with van der Waals surface area (Å²) in [5.74, 6) is 0.545. The predicted octanol–water partition coefficient (Wildman–Crippen LogP) is 3.09. The molecule has 5 rings (SSSR count). The number of benzene rings is 2. The second-order valence-electron chi connectivity index (χ2n) is 8.52. The van der Waals surface area contributed by atoms with Crippen LogP contribution < -0.4 is 10.5 Å². The van der Waals surface area contributed by atoms with Gasteiger partial charge in [-0.25, -0.2) is 9.84 Å². The van der Waals surface area contributed by atoms with Gasteiger partial charge in [0.2, 0.25) is 0 Å². The Morgan fingerprint density at radius 2 is 2.12 bits per heavy atom. The van der Waals surface area contributed by atoms with E-state index in [4.69, 9.17) is 21.8 Å². The van der Waals surface area contributed by atoms with E-state index in [1.54, 1.807) is 25.2 Å². The Kier molecular flexibility index (Phi) is 4.44.